The summed E-state index contributed by atoms with van der Waals surface area (Å²) in [5, 5.41) is 0. The van der Waals surface area contributed by atoms with E-state index in [9.17, 15) is 9.59 Å². The molecule has 2 heterocycles. The quantitative estimate of drug-likeness (QED) is 0.695. The molecule has 0 saturated carbocycles. The van der Waals surface area contributed by atoms with Crippen LogP contribution < -0.4 is 17.0 Å². The second kappa shape index (κ2) is 4.93. The number of nitrogens with zero attached hydrogens (tertiary/aromatic N) is 2. The first-order valence-electron chi connectivity index (χ1n) is 6.54. The molecule has 21 heavy (non-hydrogen) atoms. The molecule has 0 radical (unpaired) electrons. The van der Waals surface area contributed by atoms with E-state index in [1.165, 1.54) is 10.8 Å². The van der Waals surface area contributed by atoms with Crippen molar-refractivity contribution in [2.24, 2.45) is 0 Å². The Morgan fingerprint density at radius 1 is 1.38 bits per heavy atom. The Labute approximate surface area is 119 Å². The van der Waals surface area contributed by atoms with Gasteiger partial charge in [-0.15, -0.1) is 0 Å². The topological polar surface area (TPSA) is 107 Å². The Balaban J connectivity index is 2.02. The van der Waals surface area contributed by atoms with Gasteiger partial charge in [-0.2, -0.15) is 0 Å². The molecule has 0 unspecified atom stereocenters. The van der Waals surface area contributed by atoms with Crippen LogP contribution in [0, 0.1) is 0 Å². The highest BCUT2D eigenvalue weighted by Gasteiger charge is 2.09. The minimum absolute atomic E-state index is 0.150. The van der Waals surface area contributed by atoms with E-state index < -0.39 is 5.69 Å². The molecular formula is C14H14N4O3. The lowest BCUT2D eigenvalue weighted by atomic mass is 10.3. The number of aromatic amines is 1. The highest BCUT2D eigenvalue weighted by atomic mass is 16.3. The largest absolute Gasteiger partial charge is 0.439 e. The van der Waals surface area contributed by atoms with E-state index in [0.717, 1.165) is 0 Å². The van der Waals surface area contributed by atoms with Gasteiger partial charge >= 0.3 is 5.69 Å². The first-order chi connectivity index (χ1) is 10.1. The molecule has 7 nitrogen and oxygen atoms in total. The third-order valence-electron chi connectivity index (χ3n) is 3.23. The van der Waals surface area contributed by atoms with Crippen LogP contribution in [-0.2, 0) is 13.0 Å². The smallest absolute Gasteiger partial charge is 0.328 e. The van der Waals surface area contributed by atoms with Crippen molar-refractivity contribution in [3.8, 4) is 0 Å². The third-order valence-corrected chi connectivity index (χ3v) is 3.23. The van der Waals surface area contributed by atoms with E-state index in [1.54, 1.807) is 18.2 Å². The van der Waals surface area contributed by atoms with E-state index in [0.29, 0.717) is 34.7 Å². The molecule has 0 atom stereocenters. The Hall–Kier alpha value is -2.83. The SMILES string of the molecule is CCc1cn(Cc2nc3cc(N)ccc3o2)c(=O)[nH]c1=O. The van der Waals surface area contributed by atoms with Crippen molar-refractivity contribution in [3.63, 3.8) is 0 Å². The molecule has 108 valence electrons. The average molecular weight is 286 g/mol. The zero-order valence-corrected chi connectivity index (χ0v) is 11.4. The fourth-order valence-electron chi connectivity index (χ4n) is 2.13. The maximum absolute atomic E-state index is 11.8. The van der Waals surface area contributed by atoms with Gasteiger partial charge in [-0.25, -0.2) is 9.78 Å². The van der Waals surface area contributed by atoms with Crippen LogP contribution in [0.1, 0.15) is 18.4 Å². The van der Waals surface area contributed by atoms with Crippen molar-refractivity contribution in [1.82, 2.24) is 14.5 Å². The number of aryl methyl sites for hydroxylation is 1. The zero-order chi connectivity index (χ0) is 15.0. The molecule has 0 aliphatic rings. The molecule has 0 amide bonds. The van der Waals surface area contributed by atoms with E-state index in [2.05, 4.69) is 9.97 Å². The van der Waals surface area contributed by atoms with E-state index in [4.69, 9.17) is 10.2 Å². The summed E-state index contributed by atoms with van der Waals surface area (Å²) in [7, 11) is 0. The fraction of sp³-hybridized carbons (Fsp3) is 0.214. The summed E-state index contributed by atoms with van der Waals surface area (Å²) >= 11 is 0. The number of nitrogens with two attached hydrogens (primary N) is 1. The fourth-order valence-corrected chi connectivity index (χ4v) is 2.13. The van der Waals surface area contributed by atoms with Crippen LogP contribution in [0.4, 0.5) is 5.69 Å². The van der Waals surface area contributed by atoms with Crippen molar-refractivity contribution < 1.29 is 4.42 Å². The van der Waals surface area contributed by atoms with Gasteiger partial charge in [-0.05, 0) is 24.6 Å². The number of hydrogen-bond acceptors (Lipinski definition) is 5. The van der Waals surface area contributed by atoms with Crippen molar-refractivity contribution in [3.05, 3.63) is 56.7 Å². The zero-order valence-electron chi connectivity index (χ0n) is 11.4. The van der Waals surface area contributed by atoms with Crippen LogP contribution >= 0.6 is 0 Å². The van der Waals surface area contributed by atoms with Gasteiger partial charge in [0.25, 0.3) is 5.56 Å². The predicted molar refractivity (Wildman–Crippen MR) is 78.2 cm³/mol. The van der Waals surface area contributed by atoms with Gasteiger partial charge in [0.15, 0.2) is 5.58 Å². The summed E-state index contributed by atoms with van der Waals surface area (Å²) in [6, 6.07) is 5.16. The number of oxazole rings is 1. The van der Waals surface area contributed by atoms with Gasteiger partial charge < -0.3 is 10.2 Å². The maximum atomic E-state index is 11.8. The number of nitrogen functional groups attached to an aromatic ring is 1. The molecule has 0 fully saturated rings. The maximum Gasteiger partial charge on any atom is 0.328 e. The molecule has 3 N–H and O–H groups in total. The molecule has 0 bridgehead atoms. The van der Waals surface area contributed by atoms with Crippen LogP contribution in [0.5, 0.6) is 0 Å². The van der Waals surface area contributed by atoms with Gasteiger partial charge in [-0.1, -0.05) is 6.92 Å². The molecule has 0 spiro atoms. The molecule has 7 heteroatoms. The molecular weight excluding hydrogens is 272 g/mol. The van der Waals surface area contributed by atoms with E-state index >= 15 is 0 Å². The Kier molecular flexibility index (Phi) is 3.09. The Morgan fingerprint density at radius 2 is 2.19 bits per heavy atom. The summed E-state index contributed by atoms with van der Waals surface area (Å²) in [4.78, 5) is 29.9. The second-order valence-corrected chi connectivity index (χ2v) is 4.73. The number of H-pyrrole nitrogens is 1. The summed E-state index contributed by atoms with van der Waals surface area (Å²) in [6.07, 6.45) is 2.07. The molecule has 0 saturated heterocycles. The second-order valence-electron chi connectivity index (χ2n) is 4.73. The van der Waals surface area contributed by atoms with Crippen molar-refractivity contribution in [1.29, 1.82) is 0 Å². The minimum Gasteiger partial charge on any atom is -0.439 e. The molecule has 0 aliphatic heterocycles. The highest BCUT2D eigenvalue weighted by Crippen LogP contribution is 2.18. The monoisotopic (exact) mass is 286 g/mol. The number of aromatic nitrogens is 3. The summed E-state index contributed by atoms with van der Waals surface area (Å²) in [5.41, 5.74) is 7.22. The third kappa shape index (κ3) is 2.45. The van der Waals surface area contributed by atoms with Crippen LogP contribution in [0.25, 0.3) is 11.1 Å². The number of anilines is 1. The standard InChI is InChI=1S/C14H14N4O3/c1-2-8-6-18(14(20)17-13(8)19)7-12-16-10-5-9(15)3-4-11(10)21-12/h3-6H,2,7,15H2,1H3,(H,17,19,20). The van der Waals surface area contributed by atoms with Crippen molar-refractivity contribution in [2.75, 3.05) is 5.73 Å². The van der Waals surface area contributed by atoms with Gasteiger partial charge in [-0.3, -0.25) is 14.3 Å². The van der Waals surface area contributed by atoms with Gasteiger partial charge in [0.05, 0.1) is 0 Å². The first kappa shape index (κ1) is 13.2. The molecule has 3 aromatic rings. The molecule has 3 rings (SSSR count). The number of rotatable bonds is 3. The van der Waals surface area contributed by atoms with Gasteiger partial charge in [0, 0.05) is 17.4 Å². The summed E-state index contributed by atoms with van der Waals surface area (Å²) in [5.74, 6) is 0.381. The van der Waals surface area contributed by atoms with Gasteiger partial charge in [0.2, 0.25) is 5.89 Å². The number of hydrogen-bond donors (Lipinski definition) is 2. The molecule has 0 aliphatic carbocycles. The average Bonchev–Trinajstić information content (AvgIpc) is 2.83. The predicted octanol–water partition coefficient (Wildman–Crippen LogP) is 0.871. The summed E-state index contributed by atoms with van der Waals surface area (Å²) in [6.45, 7) is 2.00. The van der Waals surface area contributed by atoms with Crippen molar-refractivity contribution >= 4 is 16.8 Å². The highest BCUT2D eigenvalue weighted by molar-refractivity contribution is 5.76. The number of fused-ring (bicyclic) bond motifs is 1. The van der Waals surface area contributed by atoms with Crippen LogP contribution in [-0.4, -0.2) is 14.5 Å². The van der Waals surface area contributed by atoms with E-state index in [-0.39, 0.29) is 12.1 Å². The Morgan fingerprint density at radius 3 is 2.95 bits per heavy atom. The molecule has 1 aromatic carbocycles. The van der Waals surface area contributed by atoms with Crippen LogP contribution in [0.2, 0.25) is 0 Å². The van der Waals surface area contributed by atoms with Gasteiger partial charge in [0.1, 0.15) is 12.1 Å². The Bertz CT molecular complexity index is 920. The van der Waals surface area contributed by atoms with E-state index in [1.807, 2.05) is 6.92 Å². The number of nitrogens with one attached hydrogen (secondary N) is 1. The lowest BCUT2D eigenvalue weighted by molar-refractivity contribution is 0.499. The summed E-state index contributed by atoms with van der Waals surface area (Å²) < 4.78 is 6.94. The normalized spacial score (nSPS) is 11.1. The number of benzene rings is 1. The first-order valence-corrected chi connectivity index (χ1v) is 6.54. The molecule has 2 aromatic heterocycles. The lowest BCUT2D eigenvalue weighted by Crippen LogP contribution is -2.31. The van der Waals surface area contributed by atoms with Crippen LogP contribution in [0.15, 0.2) is 38.4 Å². The lowest BCUT2D eigenvalue weighted by Gasteiger charge is -2.03. The minimum atomic E-state index is -0.487. The van der Waals surface area contributed by atoms with Crippen molar-refractivity contribution in [2.45, 2.75) is 19.9 Å². The van der Waals surface area contributed by atoms with Crippen LogP contribution in [0.3, 0.4) is 0 Å².